The number of carbonyl (C=O) groups excluding carboxylic acids is 3. The van der Waals surface area contributed by atoms with E-state index >= 15 is 0 Å². The van der Waals surface area contributed by atoms with Gasteiger partial charge >= 0.3 is 0 Å². The number of carbonyl (C=O) groups is 3. The van der Waals surface area contributed by atoms with Crippen LogP contribution in [0, 0.1) is 6.92 Å². The van der Waals surface area contributed by atoms with E-state index in [9.17, 15) is 14.4 Å². The van der Waals surface area contributed by atoms with Crippen LogP contribution in [0.2, 0.25) is 5.02 Å². The van der Waals surface area contributed by atoms with Crippen LogP contribution in [0.4, 0.5) is 4.79 Å². The van der Waals surface area contributed by atoms with Gasteiger partial charge in [0.25, 0.3) is 17.1 Å². The lowest BCUT2D eigenvalue weighted by Gasteiger charge is -2.13. The molecule has 1 aliphatic heterocycles. The highest BCUT2D eigenvalue weighted by molar-refractivity contribution is 8.18. The average Bonchev–Trinajstić information content (AvgIpc) is 2.95. The molecule has 0 aliphatic carbocycles. The quantitative estimate of drug-likeness (QED) is 0.674. The maximum absolute atomic E-state index is 12.5. The minimum Gasteiger partial charge on any atom is -0.484 e. The first-order valence-electron chi connectivity index (χ1n) is 8.89. The van der Waals surface area contributed by atoms with Gasteiger partial charge < -0.3 is 10.1 Å². The van der Waals surface area contributed by atoms with Crippen LogP contribution in [0.25, 0.3) is 6.08 Å². The zero-order valence-electron chi connectivity index (χ0n) is 15.7. The Bertz CT molecular complexity index is 959. The third kappa shape index (κ3) is 5.85. The zero-order chi connectivity index (χ0) is 20.8. The first-order valence-corrected chi connectivity index (χ1v) is 10.1. The number of nitrogens with one attached hydrogen (secondary N) is 1. The second-order valence-electron chi connectivity index (χ2n) is 6.34. The van der Waals surface area contributed by atoms with Crippen LogP contribution in [-0.4, -0.2) is 41.6 Å². The molecule has 0 unspecified atom stereocenters. The molecule has 0 spiro atoms. The average molecular weight is 431 g/mol. The highest BCUT2D eigenvalue weighted by atomic mass is 35.5. The van der Waals surface area contributed by atoms with Gasteiger partial charge in [0.15, 0.2) is 6.61 Å². The van der Waals surface area contributed by atoms with E-state index in [4.69, 9.17) is 16.3 Å². The van der Waals surface area contributed by atoms with Crippen molar-refractivity contribution in [2.24, 2.45) is 0 Å². The number of hydrogen-bond acceptors (Lipinski definition) is 5. The van der Waals surface area contributed by atoms with Gasteiger partial charge in [-0.3, -0.25) is 19.3 Å². The van der Waals surface area contributed by atoms with Gasteiger partial charge in [-0.05, 0) is 60.2 Å². The molecule has 3 amide bonds. The van der Waals surface area contributed by atoms with Crippen LogP contribution in [0.3, 0.4) is 0 Å². The van der Waals surface area contributed by atoms with Crippen molar-refractivity contribution in [3.05, 3.63) is 69.6 Å². The second kappa shape index (κ2) is 9.62. The molecule has 2 aromatic carbocycles. The van der Waals surface area contributed by atoms with Crippen LogP contribution in [0.1, 0.15) is 11.1 Å². The Balaban J connectivity index is 1.47. The fourth-order valence-electron chi connectivity index (χ4n) is 2.62. The minimum atomic E-state index is -0.375. The number of imide groups is 1. The lowest BCUT2D eigenvalue weighted by atomic mass is 10.2. The molecule has 8 heteroatoms. The highest BCUT2D eigenvalue weighted by Crippen LogP contribution is 2.32. The highest BCUT2D eigenvalue weighted by Gasteiger charge is 2.34. The summed E-state index contributed by atoms with van der Waals surface area (Å²) in [6, 6.07) is 14.4. The molecule has 0 aromatic heterocycles. The van der Waals surface area contributed by atoms with E-state index in [0.29, 0.717) is 15.7 Å². The summed E-state index contributed by atoms with van der Waals surface area (Å²) in [6.07, 6.45) is 1.65. The summed E-state index contributed by atoms with van der Waals surface area (Å²) in [5.41, 5.74) is 1.82. The summed E-state index contributed by atoms with van der Waals surface area (Å²) in [4.78, 5) is 38.0. The Morgan fingerprint density at radius 1 is 1.21 bits per heavy atom. The molecule has 1 aliphatic rings. The van der Waals surface area contributed by atoms with Crippen LogP contribution in [0.5, 0.6) is 5.75 Å². The molecule has 0 radical (unpaired) electrons. The Morgan fingerprint density at radius 3 is 2.69 bits per heavy atom. The van der Waals surface area contributed by atoms with Crippen molar-refractivity contribution >= 4 is 46.5 Å². The van der Waals surface area contributed by atoms with Gasteiger partial charge in [0.1, 0.15) is 5.75 Å². The molecule has 6 nitrogen and oxygen atoms in total. The van der Waals surface area contributed by atoms with E-state index in [1.54, 1.807) is 36.4 Å². The summed E-state index contributed by atoms with van der Waals surface area (Å²) < 4.78 is 5.42. The molecule has 2 aromatic rings. The predicted octanol–water partition coefficient (Wildman–Crippen LogP) is 3.88. The van der Waals surface area contributed by atoms with Crippen LogP contribution < -0.4 is 10.1 Å². The largest absolute Gasteiger partial charge is 0.484 e. The first kappa shape index (κ1) is 21.0. The third-order valence-corrected chi connectivity index (χ3v) is 5.22. The van der Waals surface area contributed by atoms with E-state index in [1.165, 1.54) is 0 Å². The molecule has 0 bridgehead atoms. The molecule has 29 heavy (non-hydrogen) atoms. The summed E-state index contributed by atoms with van der Waals surface area (Å²) in [5.74, 6) is -0.0891. The molecule has 3 rings (SSSR count). The van der Waals surface area contributed by atoms with E-state index in [1.807, 2.05) is 25.1 Å². The molecular formula is C21H19ClN2O4S. The van der Waals surface area contributed by atoms with Crippen LogP contribution in [0.15, 0.2) is 53.4 Å². The fraction of sp³-hybridized carbons (Fsp3) is 0.190. The van der Waals surface area contributed by atoms with Crippen LogP contribution in [-0.2, 0) is 9.59 Å². The number of halogens is 1. The minimum absolute atomic E-state index is 0.0960. The summed E-state index contributed by atoms with van der Waals surface area (Å²) >= 11 is 6.73. The Labute approximate surface area is 177 Å². The van der Waals surface area contributed by atoms with E-state index in [2.05, 4.69) is 5.32 Å². The topological polar surface area (TPSA) is 75.7 Å². The normalized spacial score (nSPS) is 15.1. The molecular weight excluding hydrogens is 412 g/mol. The van der Waals surface area contributed by atoms with Gasteiger partial charge in [0.2, 0.25) is 0 Å². The molecule has 0 saturated carbocycles. The molecule has 0 atom stereocenters. The molecule has 1 heterocycles. The van der Waals surface area contributed by atoms with Crippen molar-refractivity contribution in [2.45, 2.75) is 6.92 Å². The number of aryl methyl sites for hydroxylation is 1. The van der Waals surface area contributed by atoms with E-state index < -0.39 is 0 Å². The van der Waals surface area contributed by atoms with Gasteiger partial charge in [-0.15, -0.1) is 0 Å². The predicted molar refractivity (Wildman–Crippen MR) is 114 cm³/mol. The fourth-order valence-corrected chi connectivity index (χ4v) is 3.61. The summed E-state index contributed by atoms with van der Waals surface area (Å²) in [5, 5.41) is 2.89. The van der Waals surface area contributed by atoms with Gasteiger partial charge in [-0.1, -0.05) is 35.9 Å². The van der Waals surface area contributed by atoms with E-state index in [-0.39, 0.29) is 36.7 Å². The molecule has 1 fully saturated rings. The first-order chi connectivity index (χ1) is 13.9. The number of rotatable bonds is 7. The van der Waals surface area contributed by atoms with Crippen molar-refractivity contribution < 1.29 is 19.1 Å². The number of nitrogens with zero attached hydrogens (tertiary/aromatic N) is 1. The van der Waals surface area contributed by atoms with Gasteiger partial charge in [-0.2, -0.15) is 0 Å². The Morgan fingerprint density at radius 2 is 1.97 bits per heavy atom. The van der Waals surface area contributed by atoms with Gasteiger partial charge in [0, 0.05) is 18.1 Å². The molecule has 150 valence electrons. The SMILES string of the molecule is Cc1cccc(OCC(=O)NCCN2C(=O)S/C(=C/c3ccc(Cl)cc3)C2=O)c1. The van der Waals surface area contributed by atoms with Crippen molar-refractivity contribution in [1.29, 1.82) is 0 Å². The smallest absolute Gasteiger partial charge is 0.293 e. The third-order valence-electron chi connectivity index (χ3n) is 4.06. The van der Waals surface area contributed by atoms with Gasteiger partial charge in [0.05, 0.1) is 4.91 Å². The molecule has 1 saturated heterocycles. The van der Waals surface area contributed by atoms with Crippen LogP contribution >= 0.6 is 23.4 Å². The lowest BCUT2D eigenvalue weighted by molar-refractivity contribution is -0.125. The number of hydrogen-bond donors (Lipinski definition) is 1. The van der Waals surface area contributed by atoms with E-state index in [0.717, 1.165) is 27.8 Å². The standard InChI is InChI=1S/C21H19ClN2O4S/c1-14-3-2-4-17(11-14)28-13-19(25)23-9-10-24-20(26)18(29-21(24)27)12-15-5-7-16(22)8-6-15/h2-8,11-12H,9-10,13H2,1H3,(H,23,25)/b18-12+. The number of benzene rings is 2. The second-order valence-corrected chi connectivity index (χ2v) is 7.77. The number of amides is 3. The summed E-state index contributed by atoms with van der Waals surface area (Å²) in [7, 11) is 0. The lowest BCUT2D eigenvalue weighted by Crippen LogP contribution is -2.38. The molecule has 1 N–H and O–H groups in total. The van der Waals surface area contributed by atoms with Crippen molar-refractivity contribution in [1.82, 2.24) is 10.2 Å². The maximum atomic E-state index is 12.5. The number of ether oxygens (including phenoxy) is 1. The van der Waals surface area contributed by atoms with Gasteiger partial charge in [-0.25, -0.2) is 0 Å². The maximum Gasteiger partial charge on any atom is 0.293 e. The zero-order valence-corrected chi connectivity index (χ0v) is 17.3. The Kier molecular flexibility index (Phi) is 6.95. The Hall–Kier alpha value is -2.77. The monoisotopic (exact) mass is 430 g/mol. The van der Waals surface area contributed by atoms with Crippen molar-refractivity contribution in [2.75, 3.05) is 19.7 Å². The summed E-state index contributed by atoms with van der Waals surface area (Å²) in [6.45, 7) is 2.05. The van der Waals surface area contributed by atoms with Crippen molar-refractivity contribution in [3.63, 3.8) is 0 Å². The van der Waals surface area contributed by atoms with Crippen molar-refractivity contribution in [3.8, 4) is 5.75 Å². The number of thioether (sulfide) groups is 1.